The Morgan fingerprint density at radius 3 is 2.62 bits per heavy atom. The molecule has 0 unspecified atom stereocenters. The topological polar surface area (TPSA) is 51.2 Å². The van der Waals surface area contributed by atoms with Crippen molar-refractivity contribution in [3.05, 3.63) is 53.5 Å². The van der Waals surface area contributed by atoms with E-state index in [2.05, 4.69) is 28.5 Å². The minimum atomic E-state index is -0.485. The number of ether oxygens (including phenoxy) is 1. The molecule has 124 valence electrons. The highest BCUT2D eigenvalue weighted by Gasteiger charge is 2.15. The Labute approximate surface area is 145 Å². The van der Waals surface area contributed by atoms with Crippen LogP contribution in [0.4, 0.5) is 4.79 Å². The molecule has 1 N–H and O–H groups in total. The molecule has 3 rings (SSSR count). The van der Waals surface area contributed by atoms with Crippen molar-refractivity contribution in [2.75, 3.05) is 0 Å². The van der Waals surface area contributed by atoms with Gasteiger partial charge in [0.25, 0.3) is 0 Å². The van der Waals surface area contributed by atoms with Crippen molar-refractivity contribution in [3.8, 4) is 11.1 Å². The number of alkyl carbamates (subject to hydrolysis) is 1. The molecular formula is C19H20N2O2S. The lowest BCUT2D eigenvalue weighted by atomic mass is 10.0. The number of hydrogen-bond acceptors (Lipinski definition) is 4. The van der Waals surface area contributed by atoms with Gasteiger partial charge >= 0.3 is 6.09 Å². The van der Waals surface area contributed by atoms with Crippen LogP contribution in [0.5, 0.6) is 0 Å². The van der Waals surface area contributed by atoms with Crippen LogP contribution in [0.1, 0.15) is 26.3 Å². The van der Waals surface area contributed by atoms with Crippen LogP contribution >= 0.6 is 11.3 Å². The first-order chi connectivity index (χ1) is 11.4. The number of benzene rings is 2. The molecule has 0 radical (unpaired) electrons. The summed E-state index contributed by atoms with van der Waals surface area (Å²) in [5.74, 6) is 0. The van der Waals surface area contributed by atoms with Crippen molar-refractivity contribution in [1.29, 1.82) is 0 Å². The standard InChI is InChI=1S/C19H20N2O2S/c1-19(2,3)23-18(22)20-11-13-7-9-14(10-8-13)15-5-4-6-16-17(15)24-12-21-16/h4-10,12H,11H2,1-3H3,(H,20,22). The van der Waals surface area contributed by atoms with Gasteiger partial charge in [0.1, 0.15) is 5.60 Å². The van der Waals surface area contributed by atoms with E-state index in [0.717, 1.165) is 16.6 Å². The Morgan fingerprint density at radius 2 is 1.92 bits per heavy atom. The molecule has 3 aromatic rings. The molecule has 0 atom stereocenters. The maximum atomic E-state index is 11.7. The average molecular weight is 340 g/mol. The van der Waals surface area contributed by atoms with Gasteiger partial charge in [0.05, 0.1) is 15.7 Å². The number of thiazole rings is 1. The number of nitrogens with one attached hydrogen (secondary N) is 1. The van der Waals surface area contributed by atoms with Gasteiger partial charge in [0.2, 0.25) is 0 Å². The Bertz CT molecular complexity index is 848. The molecule has 0 fully saturated rings. The molecule has 0 aliphatic rings. The van der Waals surface area contributed by atoms with E-state index in [1.807, 2.05) is 50.5 Å². The number of aromatic nitrogens is 1. The van der Waals surface area contributed by atoms with Crippen LogP contribution in [0.25, 0.3) is 21.3 Å². The van der Waals surface area contributed by atoms with Crippen molar-refractivity contribution in [2.45, 2.75) is 32.9 Å². The zero-order chi connectivity index (χ0) is 17.2. The van der Waals surface area contributed by atoms with E-state index >= 15 is 0 Å². The van der Waals surface area contributed by atoms with Gasteiger partial charge in [0, 0.05) is 12.1 Å². The zero-order valence-corrected chi connectivity index (χ0v) is 14.8. The van der Waals surface area contributed by atoms with Gasteiger partial charge in [-0.15, -0.1) is 11.3 Å². The molecule has 0 saturated carbocycles. The first-order valence-corrected chi connectivity index (χ1v) is 8.69. The van der Waals surface area contributed by atoms with Gasteiger partial charge in [0.15, 0.2) is 0 Å². The van der Waals surface area contributed by atoms with Crippen LogP contribution in [0.3, 0.4) is 0 Å². The molecule has 24 heavy (non-hydrogen) atoms. The first-order valence-electron chi connectivity index (χ1n) is 7.81. The van der Waals surface area contributed by atoms with Crippen molar-refractivity contribution >= 4 is 27.6 Å². The Kier molecular flexibility index (Phi) is 4.53. The highest BCUT2D eigenvalue weighted by atomic mass is 32.1. The quantitative estimate of drug-likeness (QED) is 0.731. The first kappa shape index (κ1) is 16.5. The minimum Gasteiger partial charge on any atom is -0.444 e. The summed E-state index contributed by atoms with van der Waals surface area (Å²) in [6.45, 7) is 5.99. The Morgan fingerprint density at radius 1 is 1.17 bits per heavy atom. The third-order valence-electron chi connectivity index (χ3n) is 3.46. The largest absolute Gasteiger partial charge is 0.444 e. The molecule has 0 aliphatic carbocycles. The van der Waals surface area contributed by atoms with Crippen molar-refractivity contribution in [1.82, 2.24) is 10.3 Å². The van der Waals surface area contributed by atoms with E-state index in [1.54, 1.807) is 11.3 Å². The van der Waals surface area contributed by atoms with Crippen LogP contribution in [-0.4, -0.2) is 16.7 Å². The van der Waals surface area contributed by atoms with Crippen LogP contribution in [-0.2, 0) is 11.3 Å². The molecule has 1 aromatic heterocycles. The van der Waals surface area contributed by atoms with Gasteiger partial charge in [-0.25, -0.2) is 9.78 Å². The number of carbonyl (C=O) groups excluding carboxylic acids is 1. The second-order valence-corrected chi connectivity index (χ2v) is 7.41. The third-order valence-corrected chi connectivity index (χ3v) is 4.33. The zero-order valence-electron chi connectivity index (χ0n) is 14.0. The number of nitrogens with zero attached hydrogens (tertiary/aromatic N) is 1. The lowest BCUT2D eigenvalue weighted by Gasteiger charge is -2.19. The average Bonchev–Trinajstić information content (AvgIpc) is 3.00. The fourth-order valence-electron chi connectivity index (χ4n) is 2.40. The normalized spacial score (nSPS) is 11.5. The van der Waals surface area contributed by atoms with E-state index in [4.69, 9.17) is 4.74 Å². The van der Waals surface area contributed by atoms with Crippen molar-refractivity contribution in [3.63, 3.8) is 0 Å². The van der Waals surface area contributed by atoms with Crippen molar-refractivity contribution in [2.24, 2.45) is 0 Å². The highest BCUT2D eigenvalue weighted by molar-refractivity contribution is 7.17. The highest BCUT2D eigenvalue weighted by Crippen LogP contribution is 2.31. The second-order valence-electron chi connectivity index (χ2n) is 6.56. The number of hydrogen-bond donors (Lipinski definition) is 1. The summed E-state index contributed by atoms with van der Waals surface area (Å²) in [4.78, 5) is 16.1. The molecule has 2 aromatic carbocycles. The molecule has 4 nitrogen and oxygen atoms in total. The van der Waals surface area contributed by atoms with Crippen molar-refractivity contribution < 1.29 is 9.53 Å². The fourth-order valence-corrected chi connectivity index (χ4v) is 3.23. The summed E-state index contributed by atoms with van der Waals surface area (Å²) in [6.07, 6.45) is -0.402. The minimum absolute atomic E-state index is 0.402. The van der Waals surface area contributed by atoms with Gasteiger partial charge in [-0.05, 0) is 38.0 Å². The Hall–Kier alpha value is -2.40. The van der Waals surface area contributed by atoms with E-state index in [9.17, 15) is 4.79 Å². The van der Waals surface area contributed by atoms with Gasteiger partial charge in [-0.3, -0.25) is 0 Å². The summed E-state index contributed by atoms with van der Waals surface area (Å²) in [5.41, 5.74) is 5.76. The number of rotatable bonds is 3. The third kappa shape index (κ3) is 3.92. The lowest BCUT2D eigenvalue weighted by molar-refractivity contribution is 0.0523. The smallest absolute Gasteiger partial charge is 0.407 e. The summed E-state index contributed by atoms with van der Waals surface area (Å²) in [6, 6.07) is 14.3. The van der Waals surface area contributed by atoms with E-state index in [-0.39, 0.29) is 0 Å². The molecular weight excluding hydrogens is 320 g/mol. The molecule has 0 saturated heterocycles. The number of fused-ring (bicyclic) bond motifs is 1. The predicted molar refractivity (Wildman–Crippen MR) is 98.1 cm³/mol. The monoisotopic (exact) mass is 340 g/mol. The number of amides is 1. The summed E-state index contributed by atoms with van der Waals surface area (Å²) >= 11 is 1.65. The van der Waals surface area contributed by atoms with Gasteiger partial charge < -0.3 is 10.1 Å². The molecule has 1 amide bonds. The molecule has 0 aliphatic heterocycles. The molecule has 0 spiro atoms. The van der Waals surface area contributed by atoms with E-state index in [1.165, 1.54) is 10.3 Å². The maximum absolute atomic E-state index is 11.7. The summed E-state index contributed by atoms with van der Waals surface area (Å²) in [5, 5.41) is 2.77. The predicted octanol–water partition coefficient (Wildman–Crippen LogP) is 4.99. The SMILES string of the molecule is CC(C)(C)OC(=O)NCc1ccc(-c2cccc3ncsc23)cc1. The summed E-state index contributed by atoms with van der Waals surface area (Å²) < 4.78 is 6.43. The van der Waals surface area contributed by atoms with Crippen LogP contribution < -0.4 is 5.32 Å². The number of carbonyl (C=O) groups is 1. The van der Waals surface area contributed by atoms with E-state index in [0.29, 0.717) is 6.54 Å². The van der Waals surface area contributed by atoms with Crippen LogP contribution in [0.2, 0.25) is 0 Å². The Balaban J connectivity index is 1.70. The molecule has 0 bridgehead atoms. The second kappa shape index (κ2) is 6.61. The van der Waals surface area contributed by atoms with Crippen LogP contribution in [0.15, 0.2) is 48.0 Å². The fraction of sp³-hybridized carbons (Fsp3) is 0.263. The molecule has 5 heteroatoms. The lowest BCUT2D eigenvalue weighted by Crippen LogP contribution is -2.32. The van der Waals surface area contributed by atoms with Gasteiger partial charge in [-0.1, -0.05) is 36.4 Å². The van der Waals surface area contributed by atoms with Crippen LogP contribution in [0, 0.1) is 0 Å². The maximum Gasteiger partial charge on any atom is 0.407 e. The van der Waals surface area contributed by atoms with E-state index < -0.39 is 11.7 Å². The summed E-state index contributed by atoms with van der Waals surface area (Å²) in [7, 11) is 0. The molecule has 1 heterocycles. The van der Waals surface area contributed by atoms with Gasteiger partial charge in [-0.2, -0.15) is 0 Å².